The number of aromatic nitrogens is 5. The monoisotopic (exact) mass is 714 g/mol. The van der Waals surface area contributed by atoms with Crippen LogP contribution in [0.4, 0.5) is 0 Å². The Labute approximate surface area is 309 Å². The molecule has 0 amide bonds. The lowest BCUT2D eigenvalue weighted by Crippen LogP contribution is -2.43. The van der Waals surface area contributed by atoms with Gasteiger partial charge in [-0.1, -0.05) is 132 Å². The maximum Gasteiger partial charge on any atom is 0.365 e. The van der Waals surface area contributed by atoms with E-state index >= 15 is 0 Å². The fourth-order valence-corrected chi connectivity index (χ4v) is 7.21. The number of aromatic carboxylic acids is 1. The summed E-state index contributed by atoms with van der Waals surface area (Å²) in [6.07, 6.45) is 0. The van der Waals surface area contributed by atoms with Gasteiger partial charge in [0, 0.05) is 16.2 Å². The summed E-state index contributed by atoms with van der Waals surface area (Å²) in [7, 11) is 0. The molecule has 0 aliphatic carbocycles. The molecule has 8 aromatic rings. The van der Waals surface area contributed by atoms with E-state index in [1.165, 1.54) is 23.5 Å². The maximum absolute atomic E-state index is 11.7. The van der Waals surface area contributed by atoms with Crippen molar-refractivity contribution >= 4 is 17.3 Å². The van der Waals surface area contributed by atoms with Crippen LogP contribution in [0.1, 0.15) is 21.5 Å². The molecular weight excluding hydrogens is 683 g/mol. The predicted molar refractivity (Wildman–Crippen MR) is 205 cm³/mol. The van der Waals surface area contributed by atoms with Gasteiger partial charge in [0.25, 0.3) is 5.82 Å². The van der Waals surface area contributed by atoms with Crippen LogP contribution in [0.25, 0.3) is 66.2 Å². The maximum atomic E-state index is 11.7. The summed E-state index contributed by atoms with van der Waals surface area (Å²) in [5.41, 5.74) is 9.66. The number of benzene rings is 6. The highest BCUT2D eigenvalue weighted by Crippen LogP contribution is 2.39. The second-order valence-corrected chi connectivity index (χ2v) is 13.3. The second-order valence-electron chi connectivity index (χ2n) is 12.3. The molecule has 0 spiro atoms. The van der Waals surface area contributed by atoms with E-state index in [1.807, 2.05) is 36.4 Å². The fraction of sp³-hybridized carbons (Fsp3) is 0.0465. The van der Waals surface area contributed by atoms with Crippen molar-refractivity contribution in [3.63, 3.8) is 0 Å². The summed E-state index contributed by atoms with van der Waals surface area (Å²) >= 11 is 1.46. The Morgan fingerprint density at radius 1 is 0.604 bits per heavy atom. The van der Waals surface area contributed by atoms with Gasteiger partial charge in [-0.3, -0.25) is 0 Å². The summed E-state index contributed by atoms with van der Waals surface area (Å²) in [6, 6.07) is 48.9. The topological polar surface area (TPSA) is 125 Å². The molecule has 3 N–H and O–H groups in total. The SMILES string of the molecule is O=C(O)c1ccc(-n2nc(-c3ccc(CO)c(CO)c3)n[n+]2-c2nc(-c3ccc(-c4ccccc4)cc3)c(-c3ccc(-c4ccccc4)cc3)s2)cc1. The second kappa shape index (κ2) is 14.6. The Morgan fingerprint density at radius 3 is 1.70 bits per heavy atom. The third-order valence-electron chi connectivity index (χ3n) is 9.02. The van der Waals surface area contributed by atoms with E-state index in [0.717, 1.165) is 44.0 Å². The average molecular weight is 715 g/mol. The van der Waals surface area contributed by atoms with Crippen molar-refractivity contribution in [2.75, 3.05) is 0 Å². The van der Waals surface area contributed by atoms with Crippen molar-refractivity contribution < 1.29 is 24.9 Å². The minimum absolute atomic E-state index is 0.143. The molecule has 0 saturated heterocycles. The summed E-state index contributed by atoms with van der Waals surface area (Å²) in [5.74, 6) is -0.681. The molecule has 9 nitrogen and oxygen atoms in total. The number of nitrogens with zero attached hydrogens (tertiary/aromatic N) is 5. The first kappa shape index (κ1) is 33.5. The molecule has 53 heavy (non-hydrogen) atoms. The Balaban J connectivity index is 1.29. The van der Waals surface area contributed by atoms with Gasteiger partial charge >= 0.3 is 11.1 Å². The van der Waals surface area contributed by atoms with Gasteiger partial charge in [-0.05, 0) is 90.0 Å². The number of aliphatic hydroxyl groups is 2. The standard InChI is InChI=1S/C43H31N5O4S/c49-26-36-20-19-35(25-37(36)27-50)41-45-47(38-23-21-34(22-24-38)42(51)52)48(46-41)43-44-39(32-15-11-30(12-16-32)28-7-3-1-4-8-28)40(53-43)33-17-13-31(14-18-33)29-9-5-2-6-10-29/h1-25,49-50H,26-27H2/p+1. The van der Waals surface area contributed by atoms with Crippen LogP contribution in [0.5, 0.6) is 0 Å². The number of carboxylic acid groups (broad SMARTS) is 1. The largest absolute Gasteiger partial charge is 0.478 e. The zero-order valence-electron chi connectivity index (χ0n) is 28.2. The van der Waals surface area contributed by atoms with Gasteiger partial charge in [-0.2, -0.15) is 0 Å². The zero-order chi connectivity index (χ0) is 36.3. The molecule has 6 aromatic carbocycles. The molecule has 0 bridgehead atoms. The minimum Gasteiger partial charge on any atom is -0.478 e. The van der Waals surface area contributed by atoms with E-state index in [0.29, 0.717) is 33.3 Å². The van der Waals surface area contributed by atoms with E-state index in [-0.39, 0.29) is 18.8 Å². The molecule has 2 heterocycles. The third kappa shape index (κ3) is 6.77. The van der Waals surface area contributed by atoms with Gasteiger partial charge in [-0.15, -0.1) is 0 Å². The van der Waals surface area contributed by atoms with Crippen molar-refractivity contribution in [3.05, 3.63) is 168 Å². The smallest absolute Gasteiger partial charge is 0.365 e. The molecule has 0 saturated carbocycles. The number of hydrogen-bond acceptors (Lipinski definition) is 7. The van der Waals surface area contributed by atoms with E-state index in [1.54, 1.807) is 39.9 Å². The van der Waals surface area contributed by atoms with Crippen LogP contribution in [0.3, 0.4) is 0 Å². The number of rotatable bonds is 10. The molecule has 0 fully saturated rings. The summed E-state index contributed by atoms with van der Waals surface area (Å²) in [4.78, 5) is 21.0. The highest BCUT2D eigenvalue weighted by Gasteiger charge is 2.28. The summed E-state index contributed by atoms with van der Waals surface area (Å²) < 4.78 is 0. The molecular formula is C43H32N5O4S+. The molecule has 8 rings (SSSR count). The van der Waals surface area contributed by atoms with Crippen LogP contribution in [0.15, 0.2) is 152 Å². The zero-order valence-corrected chi connectivity index (χ0v) is 29.1. The molecule has 0 atom stereocenters. The van der Waals surface area contributed by atoms with Gasteiger partial charge in [0.05, 0.1) is 23.7 Å². The molecule has 0 radical (unpaired) electrons. The lowest BCUT2D eigenvalue weighted by atomic mass is 10.00. The van der Waals surface area contributed by atoms with E-state index < -0.39 is 5.97 Å². The van der Waals surface area contributed by atoms with Gasteiger partial charge < -0.3 is 15.3 Å². The molecule has 10 heteroatoms. The van der Waals surface area contributed by atoms with Crippen molar-refractivity contribution in [3.8, 4) is 66.2 Å². The first-order chi connectivity index (χ1) is 26.0. The quantitative estimate of drug-likeness (QED) is 0.123. The number of tetrazole rings is 1. The fourth-order valence-electron chi connectivity index (χ4n) is 6.18. The van der Waals surface area contributed by atoms with Crippen LogP contribution in [-0.2, 0) is 13.2 Å². The Morgan fingerprint density at radius 2 is 1.13 bits per heavy atom. The van der Waals surface area contributed by atoms with Crippen molar-refractivity contribution in [1.29, 1.82) is 0 Å². The highest BCUT2D eigenvalue weighted by molar-refractivity contribution is 7.17. The molecule has 2 aromatic heterocycles. The Hall–Kier alpha value is -6.59. The number of hydrogen-bond donors (Lipinski definition) is 3. The lowest BCUT2D eigenvalue weighted by molar-refractivity contribution is -0.734. The number of aliphatic hydroxyl groups excluding tert-OH is 2. The van der Waals surface area contributed by atoms with Crippen molar-refractivity contribution in [2.24, 2.45) is 0 Å². The predicted octanol–water partition coefficient (Wildman–Crippen LogP) is 8.02. The Kier molecular flexibility index (Phi) is 9.22. The highest BCUT2D eigenvalue weighted by atomic mass is 32.1. The number of carboxylic acids is 1. The van der Waals surface area contributed by atoms with Gasteiger partial charge in [0.2, 0.25) is 0 Å². The van der Waals surface area contributed by atoms with Crippen molar-refractivity contribution in [1.82, 2.24) is 20.0 Å². The summed E-state index contributed by atoms with van der Waals surface area (Å²) in [5, 5.41) is 39.6. The molecule has 0 unspecified atom stereocenters. The van der Waals surface area contributed by atoms with Crippen molar-refractivity contribution in [2.45, 2.75) is 13.2 Å². The van der Waals surface area contributed by atoms with Crippen LogP contribution in [0.2, 0.25) is 0 Å². The lowest BCUT2D eigenvalue weighted by Gasteiger charge is -2.05. The van der Waals surface area contributed by atoms with Crippen LogP contribution in [0, 0.1) is 0 Å². The van der Waals surface area contributed by atoms with Gasteiger partial charge in [0.15, 0.2) is 5.69 Å². The Bertz CT molecular complexity index is 2430. The normalized spacial score (nSPS) is 11.1. The van der Waals surface area contributed by atoms with Gasteiger partial charge in [-0.25, -0.2) is 4.79 Å². The molecule has 0 aliphatic heterocycles. The first-order valence-electron chi connectivity index (χ1n) is 16.9. The average Bonchev–Trinajstić information content (AvgIpc) is 3.87. The summed E-state index contributed by atoms with van der Waals surface area (Å²) in [6.45, 7) is -0.469. The van der Waals surface area contributed by atoms with E-state index in [2.05, 4.69) is 72.8 Å². The number of carbonyl (C=O) groups is 1. The van der Waals surface area contributed by atoms with Crippen LogP contribution < -0.4 is 4.80 Å². The third-order valence-corrected chi connectivity index (χ3v) is 10.1. The minimum atomic E-state index is -1.03. The van der Waals surface area contributed by atoms with Crippen LogP contribution >= 0.6 is 11.3 Å². The van der Waals surface area contributed by atoms with E-state index in [9.17, 15) is 20.1 Å². The van der Waals surface area contributed by atoms with Gasteiger partial charge in [0.1, 0.15) is 5.69 Å². The van der Waals surface area contributed by atoms with Crippen LogP contribution in [-0.4, -0.2) is 41.3 Å². The number of thiazole rings is 1. The van der Waals surface area contributed by atoms with E-state index in [4.69, 9.17) is 15.2 Å². The molecule has 258 valence electrons. The first-order valence-corrected chi connectivity index (χ1v) is 17.7. The molecule has 0 aliphatic rings.